The minimum Gasteiger partial charge on any atom is -0.381 e. The third-order valence-corrected chi connectivity index (χ3v) is 9.52. The summed E-state index contributed by atoms with van der Waals surface area (Å²) in [4.78, 5) is 0. The average Bonchev–Trinajstić information content (AvgIpc) is 3.74. The molecular formula is C27H45B3O12. The standard InChI is InChI=1S/3C9H15BO4/c1-5(11-2)9-4-13-6(7(9)12-3)8(10)14-9;2*1-5-9(4-11-2)7(12-3)6(13-5)8(10)14-9/h3*5-8H,4H2,1-3H3/t5?,6?,7-,8-,9-;2*5?,6?,7-,8-,9+/m111/s1. The molecule has 6 heterocycles. The van der Waals surface area contributed by atoms with Crippen molar-refractivity contribution < 1.29 is 56.8 Å². The lowest BCUT2D eigenvalue weighted by Gasteiger charge is -2.35. The molecule has 6 fully saturated rings. The first kappa shape index (κ1) is 34.6. The van der Waals surface area contributed by atoms with Gasteiger partial charge in [-0.2, -0.15) is 0 Å². The smallest absolute Gasteiger partial charge is 0.145 e. The van der Waals surface area contributed by atoms with Gasteiger partial charge in [0.25, 0.3) is 0 Å². The van der Waals surface area contributed by atoms with Crippen molar-refractivity contribution in [3.8, 4) is 0 Å². The number of fused-ring (bicyclic) bond motifs is 6. The predicted molar refractivity (Wildman–Crippen MR) is 151 cm³/mol. The molecule has 0 amide bonds. The molecule has 0 saturated carbocycles. The molecular weight excluding hydrogens is 549 g/mol. The van der Waals surface area contributed by atoms with Crippen molar-refractivity contribution in [3.63, 3.8) is 0 Å². The van der Waals surface area contributed by atoms with Crippen molar-refractivity contribution >= 4 is 23.5 Å². The number of methoxy groups -OCH3 is 6. The minimum atomic E-state index is -0.534. The van der Waals surface area contributed by atoms with E-state index in [0.717, 1.165) is 0 Å². The van der Waals surface area contributed by atoms with Crippen molar-refractivity contribution in [2.45, 2.75) is 111 Å². The van der Waals surface area contributed by atoms with Crippen LogP contribution >= 0.6 is 0 Å². The Morgan fingerprint density at radius 1 is 0.667 bits per heavy atom. The Morgan fingerprint density at radius 2 is 1.10 bits per heavy atom. The van der Waals surface area contributed by atoms with Gasteiger partial charge in [0.05, 0.1) is 38.1 Å². The molecule has 6 unspecified atom stereocenters. The van der Waals surface area contributed by atoms with E-state index in [2.05, 4.69) is 0 Å². The van der Waals surface area contributed by atoms with Crippen LogP contribution in [-0.2, 0) is 56.8 Å². The summed E-state index contributed by atoms with van der Waals surface area (Å²) in [5, 5.41) is 0. The molecule has 0 aromatic rings. The van der Waals surface area contributed by atoms with Gasteiger partial charge in [-0.05, 0) is 20.8 Å². The zero-order valence-electron chi connectivity index (χ0n) is 26.2. The molecule has 42 heavy (non-hydrogen) atoms. The lowest BCUT2D eigenvalue weighted by molar-refractivity contribution is -0.178. The molecule has 12 nitrogen and oxygen atoms in total. The van der Waals surface area contributed by atoms with Crippen LogP contribution < -0.4 is 0 Å². The molecule has 6 aliphatic rings. The van der Waals surface area contributed by atoms with Crippen LogP contribution in [0.2, 0.25) is 0 Å². The fraction of sp³-hybridized carbons (Fsp3) is 1.00. The summed E-state index contributed by atoms with van der Waals surface area (Å²) < 4.78 is 65.8. The van der Waals surface area contributed by atoms with Gasteiger partial charge in [0.2, 0.25) is 0 Å². The lowest BCUT2D eigenvalue weighted by Crippen LogP contribution is -2.51. The molecule has 15 heteroatoms. The normalized spacial score (nSPS) is 50.4. The van der Waals surface area contributed by atoms with E-state index in [4.69, 9.17) is 80.4 Å². The van der Waals surface area contributed by atoms with Gasteiger partial charge in [-0.15, -0.1) is 0 Å². The van der Waals surface area contributed by atoms with Crippen molar-refractivity contribution in [1.82, 2.24) is 0 Å². The summed E-state index contributed by atoms with van der Waals surface area (Å²) in [6.07, 6.45) is -1.10. The average molecular weight is 594 g/mol. The van der Waals surface area contributed by atoms with Crippen LogP contribution in [0.4, 0.5) is 0 Å². The first-order valence-electron chi connectivity index (χ1n) is 14.3. The quantitative estimate of drug-likeness (QED) is 0.309. The molecule has 0 N–H and O–H groups in total. The second-order valence-corrected chi connectivity index (χ2v) is 11.6. The third kappa shape index (κ3) is 5.43. The molecule has 6 rings (SSSR count). The molecule has 6 radical (unpaired) electrons. The Kier molecular flexibility index (Phi) is 11.2. The second kappa shape index (κ2) is 13.6. The predicted octanol–water partition coefficient (Wildman–Crippen LogP) is -0.904. The molecule has 0 aromatic heterocycles. The van der Waals surface area contributed by atoms with E-state index in [-0.39, 0.29) is 54.9 Å². The van der Waals surface area contributed by atoms with Crippen molar-refractivity contribution in [3.05, 3.63) is 0 Å². The summed E-state index contributed by atoms with van der Waals surface area (Å²) in [5.74, 6) is 0. The van der Waals surface area contributed by atoms with Gasteiger partial charge in [-0.1, -0.05) is 0 Å². The van der Waals surface area contributed by atoms with E-state index in [1.807, 2.05) is 20.8 Å². The van der Waals surface area contributed by atoms with Crippen LogP contribution in [0.5, 0.6) is 0 Å². The Bertz CT molecular complexity index is 834. The Balaban J connectivity index is 0.000000145. The molecule has 0 aromatic carbocycles. The van der Waals surface area contributed by atoms with Crippen molar-refractivity contribution in [2.75, 3.05) is 62.5 Å². The maximum atomic E-state index is 5.78. The Morgan fingerprint density at radius 3 is 1.45 bits per heavy atom. The van der Waals surface area contributed by atoms with Crippen molar-refractivity contribution in [1.29, 1.82) is 0 Å². The summed E-state index contributed by atoms with van der Waals surface area (Å²) in [7, 11) is 27.2. The summed E-state index contributed by atoms with van der Waals surface area (Å²) in [6, 6.07) is -1.23. The van der Waals surface area contributed by atoms with Gasteiger partial charge in [0, 0.05) is 60.7 Å². The summed E-state index contributed by atoms with van der Waals surface area (Å²) >= 11 is 0. The van der Waals surface area contributed by atoms with E-state index in [1.54, 1.807) is 42.7 Å². The number of rotatable bonds is 9. The van der Waals surface area contributed by atoms with Crippen LogP contribution in [0.25, 0.3) is 0 Å². The highest BCUT2D eigenvalue weighted by molar-refractivity contribution is 6.12. The fourth-order valence-corrected chi connectivity index (χ4v) is 7.25. The largest absolute Gasteiger partial charge is 0.381 e. The first-order chi connectivity index (χ1) is 20.0. The summed E-state index contributed by atoms with van der Waals surface area (Å²) in [6.45, 7) is 7.22. The molecule has 6 aliphatic heterocycles. The zero-order valence-corrected chi connectivity index (χ0v) is 26.2. The van der Waals surface area contributed by atoms with E-state index < -0.39 is 34.8 Å². The van der Waals surface area contributed by atoms with E-state index in [9.17, 15) is 0 Å². The minimum absolute atomic E-state index is 0.0443. The summed E-state index contributed by atoms with van der Waals surface area (Å²) in [5.41, 5.74) is -1.60. The van der Waals surface area contributed by atoms with Crippen LogP contribution in [0, 0.1) is 0 Å². The monoisotopic (exact) mass is 594 g/mol. The highest BCUT2D eigenvalue weighted by Gasteiger charge is 2.65. The lowest BCUT2D eigenvalue weighted by atomic mass is 9.89. The first-order valence-corrected chi connectivity index (χ1v) is 14.3. The van der Waals surface area contributed by atoms with Crippen LogP contribution in [-0.4, -0.2) is 176 Å². The topological polar surface area (TPSA) is 111 Å². The van der Waals surface area contributed by atoms with Gasteiger partial charge in [0.15, 0.2) is 0 Å². The number of hydrogen-bond donors (Lipinski definition) is 0. The highest BCUT2D eigenvalue weighted by atomic mass is 16.7. The molecule has 6 bridgehead atoms. The number of ether oxygens (including phenoxy) is 12. The Hall–Kier alpha value is -0.285. The van der Waals surface area contributed by atoms with Gasteiger partial charge in [-0.25, -0.2) is 0 Å². The van der Waals surface area contributed by atoms with Gasteiger partial charge < -0.3 is 56.8 Å². The number of hydrogen-bond acceptors (Lipinski definition) is 12. The molecule has 15 atom stereocenters. The Labute approximate surface area is 253 Å². The molecule has 6 saturated heterocycles. The third-order valence-electron chi connectivity index (χ3n) is 9.52. The van der Waals surface area contributed by atoms with Crippen LogP contribution in [0.3, 0.4) is 0 Å². The second-order valence-electron chi connectivity index (χ2n) is 11.6. The van der Waals surface area contributed by atoms with Crippen LogP contribution in [0.15, 0.2) is 0 Å². The molecule has 234 valence electrons. The van der Waals surface area contributed by atoms with Crippen LogP contribution in [0.1, 0.15) is 20.8 Å². The van der Waals surface area contributed by atoms with E-state index >= 15 is 0 Å². The SMILES string of the molecule is [B][C@@H]1O[C@@]2(C(C)OC)COC1[C@H]2OC.[B][C@@H]1O[C@@]2(COC)C(C)OC1[C@H]2OC.[B][C@@H]1O[C@@]2(COC)C(C)OC1[C@H]2OC. The fourth-order valence-electron chi connectivity index (χ4n) is 7.25. The molecule has 0 aliphatic carbocycles. The van der Waals surface area contributed by atoms with E-state index in [0.29, 0.717) is 19.8 Å². The van der Waals surface area contributed by atoms with Crippen molar-refractivity contribution in [2.24, 2.45) is 0 Å². The molecule has 0 spiro atoms. The highest BCUT2D eigenvalue weighted by Crippen LogP contribution is 2.46. The van der Waals surface area contributed by atoms with Gasteiger partial charge >= 0.3 is 0 Å². The zero-order chi connectivity index (χ0) is 31.0. The maximum absolute atomic E-state index is 5.78. The van der Waals surface area contributed by atoms with E-state index in [1.165, 1.54) is 0 Å². The van der Waals surface area contributed by atoms with Gasteiger partial charge in [0.1, 0.15) is 77.0 Å². The maximum Gasteiger partial charge on any atom is 0.145 e. The van der Waals surface area contributed by atoms with Gasteiger partial charge in [-0.3, -0.25) is 0 Å².